The molecule has 15 nitrogen and oxygen atoms in total. The van der Waals surface area contributed by atoms with Gasteiger partial charge in [-0.1, -0.05) is 0 Å². The molecule has 0 spiro atoms. The van der Waals surface area contributed by atoms with Crippen molar-refractivity contribution in [1.82, 2.24) is 0 Å². The summed E-state index contributed by atoms with van der Waals surface area (Å²) in [7, 11) is 0. The standard InChI is InChI=1S/C18H34N4O11/c19-2-6-10(25)12(27)13(28)18(30-6)33-16-5(21)1-4(20)15(14(16)29)32-17-11(26)8(22)9(24)7(3-23)31-17/h4-11,14-18,23-29H,1-3,19-22H2/t4-,5+,6-,7-,8+,9-,10-,11-,14-,15+,16-,17-,18-/m1/s1. The summed E-state index contributed by atoms with van der Waals surface area (Å²) in [5, 5.41) is 70.6. The average Bonchev–Trinajstić information content (AvgIpc) is 2.79. The first-order valence-electron chi connectivity index (χ1n) is 10.6. The molecule has 3 aliphatic rings. The van der Waals surface area contributed by atoms with Gasteiger partial charge in [-0.25, -0.2) is 0 Å². The first-order valence-corrected chi connectivity index (χ1v) is 10.6. The zero-order valence-corrected chi connectivity index (χ0v) is 17.7. The molecular weight excluding hydrogens is 448 g/mol. The van der Waals surface area contributed by atoms with Gasteiger partial charge in [-0.2, -0.15) is 0 Å². The van der Waals surface area contributed by atoms with E-state index in [1.807, 2.05) is 0 Å². The molecule has 2 heterocycles. The van der Waals surface area contributed by atoms with Crippen LogP contribution in [0.2, 0.25) is 0 Å². The second-order valence-electron chi connectivity index (χ2n) is 8.50. The van der Waals surface area contributed by atoms with E-state index in [0.717, 1.165) is 0 Å². The Hall–Kier alpha value is -1.18. The predicted molar refractivity (Wildman–Crippen MR) is 108 cm³/mol. The molecule has 0 amide bonds. The van der Waals surface area contributed by atoms with Crippen molar-refractivity contribution in [2.75, 3.05) is 13.2 Å². The number of nitrogens with two attached hydrogens (primary N) is 4. The molecule has 0 unspecified atom stereocenters. The van der Waals surface area contributed by atoms with Gasteiger partial charge in [0.15, 0.2) is 17.8 Å². The minimum absolute atomic E-state index is 0.0689. The minimum atomic E-state index is -1.60. The molecule has 33 heavy (non-hydrogen) atoms. The van der Waals surface area contributed by atoms with Crippen LogP contribution in [0.15, 0.2) is 11.5 Å². The molecule has 0 aromatic rings. The molecule has 2 fully saturated rings. The molecule has 0 bridgehead atoms. The molecule has 192 valence electrons. The Balaban J connectivity index is 1.75. The van der Waals surface area contributed by atoms with Gasteiger partial charge in [-0.15, -0.1) is 0 Å². The fraction of sp³-hybridized carbons (Fsp3) is 0.889. The molecule has 1 aliphatic carbocycles. The van der Waals surface area contributed by atoms with Crippen LogP contribution < -0.4 is 22.9 Å². The van der Waals surface area contributed by atoms with E-state index in [-0.39, 0.29) is 13.0 Å². The molecular formula is C18H34N4O11. The van der Waals surface area contributed by atoms with Crippen molar-refractivity contribution < 1.29 is 54.7 Å². The predicted octanol–water partition coefficient (Wildman–Crippen LogP) is -5.69. The van der Waals surface area contributed by atoms with Crippen LogP contribution in [0.1, 0.15) is 6.42 Å². The second kappa shape index (κ2) is 10.6. The lowest BCUT2D eigenvalue weighted by molar-refractivity contribution is -0.311. The molecule has 0 radical (unpaired) electrons. The average molecular weight is 482 g/mol. The van der Waals surface area contributed by atoms with Crippen LogP contribution in [0.4, 0.5) is 0 Å². The maximum Gasteiger partial charge on any atom is 0.220 e. The number of rotatable bonds is 6. The van der Waals surface area contributed by atoms with E-state index in [4.69, 9.17) is 41.9 Å². The Bertz CT molecular complexity index is 700. The quantitative estimate of drug-likeness (QED) is 0.168. The summed E-state index contributed by atoms with van der Waals surface area (Å²) in [5.74, 6) is -1.60. The van der Waals surface area contributed by atoms with Crippen LogP contribution in [0.3, 0.4) is 0 Å². The number of hydrogen-bond donors (Lipinski definition) is 11. The van der Waals surface area contributed by atoms with Crippen molar-refractivity contribution in [2.45, 2.75) is 86.0 Å². The van der Waals surface area contributed by atoms with Gasteiger partial charge in [0.2, 0.25) is 6.29 Å². The van der Waals surface area contributed by atoms with Gasteiger partial charge < -0.3 is 77.6 Å². The van der Waals surface area contributed by atoms with Crippen LogP contribution in [-0.4, -0.2) is 128 Å². The van der Waals surface area contributed by atoms with Crippen molar-refractivity contribution in [3.8, 4) is 0 Å². The normalized spacial score (nSPS) is 49.3. The highest BCUT2D eigenvalue weighted by Gasteiger charge is 2.50. The molecule has 15 heteroatoms. The summed E-state index contributed by atoms with van der Waals surface area (Å²) in [4.78, 5) is 0. The van der Waals surface area contributed by atoms with E-state index < -0.39 is 97.7 Å². The third-order valence-electron chi connectivity index (χ3n) is 6.22. The number of aliphatic hydroxyl groups excluding tert-OH is 7. The number of ether oxygens (including phenoxy) is 4. The highest BCUT2D eigenvalue weighted by Crippen LogP contribution is 2.31. The zero-order valence-electron chi connectivity index (χ0n) is 17.7. The summed E-state index contributed by atoms with van der Waals surface area (Å²) in [6.45, 7) is -0.803. The molecule has 1 saturated carbocycles. The molecule has 13 atom stereocenters. The first-order chi connectivity index (χ1) is 15.5. The van der Waals surface area contributed by atoms with E-state index in [9.17, 15) is 35.7 Å². The van der Waals surface area contributed by atoms with E-state index in [1.165, 1.54) is 0 Å². The summed E-state index contributed by atoms with van der Waals surface area (Å²) in [5.41, 5.74) is 23.5. The highest BCUT2D eigenvalue weighted by molar-refractivity contribution is 5.13. The summed E-state index contributed by atoms with van der Waals surface area (Å²) >= 11 is 0. The van der Waals surface area contributed by atoms with E-state index >= 15 is 0 Å². The van der Waals surface area contributed by atoms with Gasteiger partial charge in [-0.05, 0) is 6.42 Å². The third kappa shape index (κ3) is 5.10. The van der Waals surface area contributed by atoms with Gasteiger partial charge in [0.05, 0.1) is 12.6 Å². The molecule has 1 saturated heterocycles. The van der Waals surface area contributed by atoms with Gasteiger partial charge in [-0.3, -0.25) is 0 Å². The lowest BCUT2D eigenvalue weighted by Crippen LogP contribution is -2.67. The smallest absolute Gasteiger partial charge is 0.220 e. The second-order valence-corrected chi connectivity index (χ2v) is 8.50. The Morgan fingerprint density at radius 2 is 1.42 bits per heavy atom. The molecule has 15 N–H and O–H groups in total. The largest absolute Gasteiger partial charge is 0.506 e. The number of aliphatic hydroxyl groups is 7. The van der Waals surface area contributed by atoms with E-state index in [1.54, 1.807) is 0 Å². The first kappa shape index (κ1) is 26.4. The minimum Gasteiger partial charge on any atom is -0.506 e. The van der Waals surface area contributed by atoms with Crippen molar-refractivity contribution >= 4 is 0 Å². The maximum absolute atomic E-state index is 10.9. The van der Waals surface area contributed by atoms with Crippen LogP contribution in [0, 0.1) is 0 Å². The lowest BCUT2D eigenvalue weighted by Gasteiger charge is -2.47. The highest BCUT2D eigenvalue weighted by atomic mass is 16.7. The van der Waals surface area contributed by atoms with Crippen LogP contribution in [0.25, 0.3) is 0 Å². The van der Waals surface area contributed by atoms with Crippen LogP contribution in [0.5, 0.6) is 0 Å². The van der Waals surface area contributed by atoms with Crippen molar-refractivity contribution in [3.63, 3.8) is 0 Å². The van der Waals surface area contributed by atoms with Gasteiger partial charge in [0.25, 0.3) is 0 Å². The van der Waals surface area contributed by atoms with Gasteiger partial charge in [0.1, 0.15) is 48.8 Å². The monoisotopic (exact) mass is 482 g/mol. The fourth-order valence-electron chi connectivity index (χ4n) is 4.19. The third-order valence-corrected chi connectivity index (χ3v) is 6.22. The Morgan fingerprint density at radius 3 is 2.00 bits per heavy atom. The lowest BCUT2D eigenvalue weighted by atomic mass is 9.84. The molecule has 0 aromatic carbocycles. The number of hydrogen-bond acceptors (Lipinski definition) is 15. The molecule has 0 aromatic heterocycles. The Kier molecular flexibility index (Phi) is 8.50. The van der Waals surface area contributed by atoms with Crippen LogP contribution >= 0.6 is 0 Å². The van der Waals surface area contributed by atoms with Gasteiger partial charge >= 0.3 is 0 Å². The van der Waals surface area contributed by atoms with E-state index in [2.05, 4.69) is 0 Å². The molecule has 2 aliphatic heterocycles. The fourth-order valence-corrected chi connectivity index (χ4v) is 4.19. The summed E-state index contributed by atoms with van der Waals surface area (Å²) < 4.78 is 22.1. The maximum atomic E-state index is 10.9. The topological polar surface area (TPSA) is 283 Å². The van der Waals surface area contributed by atoms with Crippen molar-refractivity contribution in [1.29, 1.82) is 0 Å². The zero-order chi connectivity index (χ0) is 24.6. The SMILES string of the molecule is NC[C@H]1O[C@H](O[C@H]2[C@H](O)[C@@H](O[C@H]3O[C@H](CO)[C@@H](O)[C@H](N)[C@H]3O)[C@H](N)C[C@@H]2N)C(O)=C(O)[C@@H]1O. The molecule has 3 rings (SSSR count). The van der Waals surface area contributed by atoms with Crippen molar-refractivity contribution in [2.24, 2.45) is 22.9 Å². The van der Waals surface area contributed by atoms with E-state index in [0.29, 0.717) is 0 Å². The van der Waals surface area contributed by atoms with Gasteiger partial charge in [0, 0.05) is 18.6 Å². The van der Waals surface area contributed by atoms with Crippen molar-refractivity contribution in [3.05, 3.63) is 11.5 Å². The Labute approximate surface area is 189 Å². The summed E-state index contributed by atoms with van der Waals surface area (Å²) in [6.07, 6.45) is -13.6. The van der Waals surface area contributed by atoms with Crippen LogP contribution in [-0.2, 0) is 18.9 Å². The summed E-state index contributed by atoms with van der Waals surface area (Å²) in [6, 6.07) is -2.90. The Morgan fingerprint density at radius 1 is 0.818 bits per heavy atom.